The van der Waals surface area contributed by atoms with Gasteiger partial charge in [-0.2, -0.15) is 0 Å². The molecular formula is C25H37N3O7. The number of methoxy groups -OCH3 is 1. The van der Waals surface area contributed by atoms with E-state index in [0.717, 1.165) is 18.4 Å². The largest absolute Gasteiger partial charge is 0.468 e. The number of benzene rings is 1. The molecule has 3 amide bonds. The number of nitrogens with zero attached hydrogens (tertiary/aromatic N) is 1. The van der Waals surface area contributed by atoms with E-state index in [4.69, 9.17) is 4.74 Å². The molecule has 0 aliphatic heterocycles. The molecule has 0 bridgehead atoms. The van der Waals surface area contributed by atoms with Gasteiger partial charge >= 0.3 is 12.1 Å². The Morgan fingerprint density at radius 2 is 1.77 bits per heavy atom. The first kappa shape index (κ1) is 28.1. The monoisotopic (exact) mass is 491 g/mol. The summed E-state index contributed by atoms with van der Waals surface area (Å²) in [4.78, 5) is 52.4. The lowest BCUT2D eigenvalue weighted by molar-refractivity contribution is -0.149. The van der Waals surface area contributed by atoms with Gasteiger partial charge in [0.15, 0.2) is 0 Å². The van der Waals surface area contributed by atoms with Gasteiger partial charge in [0, 0.05) is 6.04 Å². The Bertz CT molecular complexity index is 891. The van der Waals surface area contributed by atoms with Crippen LogP contribution in [0.5, 0.6) is 0 Å². The predicted molar refractivity (Wildman–Crippen MR) is 128 cm³/mol. The molecule has 1 saturated carbocycles. The van der Waals surface area contributed by atoms with Gasteiger partial charge in [-0.05, 0) is 57.6 Å². The molecule has 2 unspecified atom stereocenters. The molecule has 35 heavy (non-hydrogen) atoms. The molecule has 2 rings (SSSR count). The molecule has 0 saturated heterocycles. The summed E-state index contributed by atoms with van der Waals surface area (Å²) in [6.45, 7) is 6.03. The molecule has 0 radical (unpaired) electrons. The van der Waals surface area contributed by atoms with Crippen LogP contribution < -0.4 is 10.6 Å². The zero-order chi connectivity index (χ0) is 26.2. The maximum atomic E-state index is 13.7. The van der Waals surface area contributed by atoms with Crippen LogP contribution >= 0.6 is 0 Å². The number of aryl methyl sites for hydroxylation is 1. The molecule has 1 aliphatic rings. The lowest BCUT2D eigenvalue weighted by Crippen LogP contribution is -2.58. The SMILES string of the molecule is CCc1ccc(C(C(=O)NCC(=O)OC)N(C(=O)C(CO)NC(=O)OC(C)(C)C)C2CCC2)cc1. The Morgan fingerprint density at radius 3 is 2.23 bits per heavy atom. The standard InChI is InChI=1S/C25H37N3O7/c1-6-16-10-12-17(13-11-16)21(22(31)26-14-20(30)34-5)28(18-8-7-9-18)23(32)19(15-29)27-24(33)35-25(2,3)4/h10-13,18-19,21,29H,6-9,14-15H2,1-5H3,(H,26,31)(H,27,33). The quantitative estimate of drug-likeness (QED) is 0.425. The average Bonchev–Trinajstić information content (AvgIpc) is 2.78. The van der Waals surface area contributed by atoms with Crippen LogP contribution in [0.25, 0.3) is 0 Å². The first-order valence-corrected chi connectivity index (χ1v) is 11.9. The summed E-state index contributed by atoms with van der Waals surface area (Å²) in [5, 5.41) is 14.9. The molecule has 1 aliphatic carbocycles. The van der Waals surface area contributed by atoms with Crippen LogP contribution in [0.2, 0.25) is 0 Å². The molecule has 1 aromatic rings. The van der Waals surface area contributed by atoms with Crippen molar-refractivity contribution in [1.82, 2.24) is 15.5 Å². The number of carbonyl (C=O) groups is 4. The van der Waals surface area contributed by atoms with Gasteiger partial charge in [-0.15, -0.1) is 0 Å². The molecular weight excluding hydrogens is 454 g/mol. The Hall–Kier alpha value is -3.14. The lowest BCUT2D eigenvalue weighted by Gasteiger charge is -2.43. The zero-order valence-electron chi connectivity index (χ0n) is 21.1. The minimum Gasteiger partial charge on any atom is -0.468 e. The maximum Gasteiger partial charge on any atom is 0.408 e. The van der Waals surface area contributed by atoms with Gasteiger partial charge in [0.1, 0.15) is 24.2 Å². The summed E-state index contributed by atoms with van der Waals surface area (Å²) in [6, 6.07) is 4.65. The van der Waals surface area contributed by atoms with Gasteiger partial charge in [-0.25, -0.2) is 4.79 Å². The van der Waals surface area contributed by atoms with E-state index in [1.807, 2.05) is 19.1 Å². The number of aliphatic hydroxyl groups excluding tert-OH is 1. The van der Waals surface area contributed by atoms with Crippen molar-refractivity contribution in [2.24, 2.45) is 0 Å². The van der Waals surface area contributed by atoms with E-state index >= 15 is 0 Å². The number of nitrogens with one attached hydrogen (secondary N) is 2. The second kappa shape index (κ2) is 12.5. The molecule has 1 fully saturated rings. The summed E-state index contributed by atoms with van der Waals surface area (Å²) < 4.78 is 9.85. The van der Waals surface area contributed by atoms with Crippen LogP contribution in [0.3, 0.4) is 0 Å². The van der Waals surface area contributed by atoms with Crippen LogP contribution in [-0.4, -0.2) is 71.8 Å². The molecule has 194 valence electrons. The van der Waals surface area contributed by atoms with E-state index in [0.29, 0.717) is 18.4 Å². The third-order valence-corrected chi connectivity index (χ3v) is 5.76. The van der Waals surface area contributed by atoms with Gasteiger partial charge < -0.3 is 30.1 Å². The highest BCUT2D eigenvalue weighted by molar-refractivity contribution is 5.93. The number of hydrogen-bond acceptors (Lipinski definition) is 7. The van der Waals surface area contributed by atoms with E-state index in [1.54, 1.807) is 32.9 Å². The molecule has 2 atom stereocenters. The number of amides is 3. The number of ether oxygens (including phenoxy) is 2. The number of carbonyl (C=O) groups excluding carboxylic acids is 4. The molecule has 0 heterocycles. The van der Waals surface area contributed by atoms with Gasteiger partial charge in [-0.1, -0.05) is 31.2 Å². The van der Waals surface area contributed by atoms with Crippen molar-refractivity contribution in [2.75, 3.05) is 20.3 Å². The van der Waals surface area contributed by atoms with Gasteiger partial charge in [-0.3, -0.25) is 14.4 Å². The van der Waals surface area contributed by atoms with Crippen LogP contribution in [-0.2, 0) is 30.3 Å². The van der Waals surface area contributed by atoms with E-state index in [1.165, 1.54) is 12.0 Å². The third kappa shape index (κ3) is 7.95. The fraction of sp³-hybridized carbons (Fsp3) is 0.600. The number of alkyl carbamates (subject to hydrolysis) is 1. The number of hydrogen-bond donors (Lipinski definition) is 3. The fourth-order valence-corrected chi connectivity index (χ4v) is 3.70. The van der Waals surface area contributed by atoms with E-state index < -0.39 is 48.2 Å². The van der Waals surface area contributed by atoms with E-state index in [2.05, 4.69) is 15.4 Å². The molecule has 0 spiro atoms. The average molecular weight is 492 g/mol. The zero-order valence-corrected chi connectivity index (χ0v) is 21.1. The van der Waals surface area contributed by atoms with Crippen molar-refractivity contribution in [3.05, 3.63) is 35.4 Å². The first-order valence-electron chi connectivity index (χ1n) is 11.9. The number of esters is 1. The predicted octanol–water partition coefficient (Wildman–Crippen LogP) is 1.85. The summed E-state index contributed by atoms with van der Waals surface area (Å²) in [5.74, 6) is -1.80. The number of aliphatic hydroxyl groups is 1. The normalized spacial score (nSPS) is 15.3. The van der Waals surface area contributed by atoms with Gasteiger partial charge in [0.05, 0.1) is 13.7 Å². The molecule has 3 N–H and O–H groups in total. The van der Waals surface area contributed by atoms with Crippen molar-refractivity contribution in [3.8, 4) is 0 Å². The highest BCUT2D eigenvalue weighted by Gasteiger charge is 2.42. The number of rotatable bonds is 10. The third-order valence-electron chi connectivity index (χ3n) is 5.76. The van der Waals surface area contributed by atoms with E-state index in [9.17, 15) is 24.3 Å². The van der Waals surface area contributed by atoms with Crippen LogP contribution in [0.1, 0.15) is 64.1 Å². The molecule has 10 nitrogen and oxygen atoms in total. The molecule has 1 aromatic carbocycles. The second-order valence-corrected chi connectivity index (χ2v) is 9.50. The minimum absolute atomic E-state index is 0.267. The minimum atomic E-state index is -1.31. The van der Waals surface area contributed by atoms with Crippen molar-refractivity contribution < 1.29 is 33.8 Å². The lowest BCUT2D eigenvalue weighted by atomic mass is 9.88. The van der Waals surface area contributed by atoms with Crippen LogP contribution in [0.15, 0.2) is 24.3 Å². The van der Waals surface area contributed by atoms with Crippen molar-refractivity contribution in [1.29, 1.82) is 0 Å². The Labute approximate surface area is 206 Å². The Kier molecular flexibility index (Phi) is 10.1. The summed E-state index contributed by atoms with van der Waals surface area (Å²) >= 11 is 0. The maximum absolute atomic E-state index is 13.7. The second-order valence-electron chi connectivity index (χ2n) is 9.50. The molecule has 10 heteroatoms. The fourth-order valence-electron chi connectivity index (χ4n) is 3.70. The Balaban J connectivity index is 2.41. The summed E-state index contributed by atoms with van der Waals surface area (Å²) in [7, 11) is 1.22. The summed E-state index contributed by atoms with van der Waals surface area (Å²) in [5.41, 5.74) is 0.820. The van der Waals surface area contributed by atoms with Gasteiger partial charge in [0.2, 0.25) is 11.8 Å². The van der Waals surface area contributed by atoms with Crippen LogP contribution in [0, 0.1) is 0 Å². The van der Waals surface area contributed by atoms with Crippen LogP contribution in [0.4, 0.5) is 4.79 Å². The van der Waals surface area contributed by atoms with Crippen molar-refractivity contribution in [2.45, 2.75) is 77.1 Å². The van der Waals surface area contributed by atoms with E-state index in [-0.39, 0.29) is 12.6 Å². The highest BCUT2D eigenvalue weighted by Crippen LogP contribution is 2.33. The van der Waals surface area contributed by atoms with Gasteiger partial charge in [0.25, 0.3) is 0 Å². The highest BCUT2D eigenvalue weighted by atomic mass is 16.6. The summed E-state index contributed by atoms with van der Waals surface area (Å²) in [6.07, 6.45) is 2.17. The Morgan fingerprint density at radius 1 is 1.14 bits per heavy atom. The smallest absolute Gasteiger partial charge is 0.408 e. The van der Waals surface area contributed by atoms with Crippen molar-refractivity contribution in [3.63, 3.8) is 0 Å². The molecule has 0 aromatic heterocycles. The topological polar surface area (TPSA) is 134 Å². The first-order chi connectivity index (χ1) is 16.5. The van der Waals surface area contributed by atoms with Crippen molar-refractivity contribution >= 4 is 23.9 Å².